The lowest BCUT2D eigenvalue weighted by Crippen LogP contribution is -2.45. The Hall–Kier alpha value is -3.20. The number of amides is 2. The predicted octanol–water partition coefficient (Wildman–Crippen LogP) is 1.59. The van der Waals surface area contributed by atoms with Crippen molar-refractivity contribution in [2.45, 2.75) is 31.7 Å². The Morgan fingerprint density at radius 3 is 3.03 bits per heavy atom. The molecule has 0 aliphatic carbocycles. The average Bonchev–Trinajstić information content (AvgIpc) is 3.12. The Morgan fingerprint density at radius 1 is 1.29 bits per heavy atom. The van der Waals surface area contributed by atoms with Crippen molar-refractivity contribution in [1.82, 2.24) is 20.6 Å². The summed E-state index contributed by atoms with van der Waals surface area (Å²) in [5.74, 6) is 0.0563. The van der Waals surface area contributed by atoms with Gasteiger partial charge in [-0.05, 0) is 37.3 Å². The van der Waals surface area contributed by atoms with Gasteiger partial charge in [-0.15, -0.1) is 0 Å². The number of hydrogen-bond donors (Lipinski definition) is 2. The lowest BCUT2D eigenvalue weighted by atomic mass is 10.1. The highest BCUT2D eigenvalue weighted by Crippen LogP contribution is 2.33. The summed E-state index contributed by atoms with van der Waals surface area (Å²) in [5, 5.41) is 5.63. The van der Waals surface area contributed by atoms with Crippen LogP contribution in [0.5, 0.6) is 5.88 Å². The lowest BCUT2D eigenvalue weighted by Gasteiger charge is -2.20. The molecule has 1 fully saturated rings. The molecule has 2 N–H and O–H groups in total. The van der Waals surface area contributed by atoms with Gasteiger partial charge < -0.3 is 25.0 Å². The number of para-hydroxylation sites is 1. The van der Waals surface area contributed by atoms with Crippen molar-refractivity contribution >= 4 is 23.5 Å². The van der Waals surface area contributed by atoms with Gasteiger partial charge in [-0.1, -0.05) is 18.2 Å². The second-order valence-electron chi connectivity index (χ2n) is 7.57. The number of aromatic nitrogens is 2. The Kier molecular flexibility index (Phi) is 6.61. The smallest absolute Gasteiger partial charge is 0.259 e. The molecule has 31 heavy (non-hydrogen) atoms. The van der Waals surface area contributed by atoms with Gasteiger partial charge in [0.05, 0.1) is 6.61 Å². The Labute approximate surface area is 181 Å². The second-order valence-corrected chi connectivity index (χ2v) is 7.57. The molecule has 2 aliphatic heterocycles. The van der Waals surface area contributed by atoms with Crippen LogP contribution in [0.2, 0.25) is 0 Å². The van der Waals surface area contributed by atoms with Crippen LogP contribution in [0.15, 0.2) is 30.5 Å². The number of methoxy groups -OCH3 is 1. The minimum absolute atomic E-state index is 0.168. The molecule has 0 bridgehead atoms. The van der Waals surface area contributed by atoms with E-state index < -0.39 is 11.9 Å². The van der Waals surface area contributed by atoms with E-state index in [1.165, 1.54) is 11.8 Å². The molecule has 4 rings (SSSR count). The molecular formula is C22H27N5O4. The fourth-order valence-electron chi connectivity index (χ4n) is 3.83. The van der Waals surface area contributed by atoms with Crippen LogP contribution >= 0.6 is 0 Å². The number of ether oxygens (including phenoxy) is 2. The van der Waals surface area contributed by atoms with Crippen LogP contribution in [0, 0.1) is 0 Å². The minimum Gasteiger partial charge on any atom is -0.475 e. The lowest BCUT2D eigenvalue weighted by molar-refractivity contribution is -0.122. The third-order valence-corrected chi connectivity index (χ3v) is 5.48. The highest BCUT2D eigenvalue weighted by Gasteiger charge is 2.27. The molecule has 2 aliphatic rings. The molecule has 1 aromatic carbocycles. The molecular weight excluding hydrogens is 398 g/mol. The van der Waals surface area contributed by atoms with Gasteiger partial charge in [0.1, 0.15) is 18.2 Å². The van der Waals surface area contributed by atoms with E-state index in [4.69, 9.17) is 9.47 Å². The van der Waals surface area contributed by atoms with Gasteiger partial charge in [0, 0.05) is 32.1 Å². The van der Waals surface area contributed by atoms with Crippen molar-refractivity contribution in [2.24, 2.45) is 0 Å². The average molecular weight is 425 g/mol. The van der Waals surface area contributed by atoms with Crippen LogP contribution < -0.4 is 20.3 Å². The van der Waals surface area contributed by atoms with Gasteiger partial charge in [0.2, 0.25) is 17.7 Å². The maximum atomic E-state index is 13.0. The van der Waals surface area contributed by atoms with Gasteiger partial charge in [-0.2, -0.15) is 4.98 Å². The molecule has 1 atom stereocenters. The SMILES string of the molecule is COCCOc1nc(N2CCc3ccccc32)ncc1C(=O)NC1CCCCNC1=O. The van der Waals surface area contributed by atoms with Gasteiger partial charge in [-0.3, -0.25) is 9.59 Å². The van der Waals surface area contributed by atoms with Crippen molar-refractivity contribution in [3.63, 3.8) is 0 Å². The Balaban J connectivity index is 1.58. The molecule has 1 unspecified atom stereocenters. The van der Waals surface area contributed by atoms with Crippen molar-refractivity contribution in [3.05, 3.63) is 41.6 Å². The van der Waals surface area contributed by atoms with Crippen molar-refractivity contribution in [1.29, 1.82) is 0 Å². The number of hydrogen-bond acceptors (Lipinski definition) is 7. The zero-order valence-electron chi connectivity index (χ0n) is 17.6. The summed E-state index contributed by atoms with van der Waals surface area (Å²) in [4.78, 5) is 36.2. The Bertz CT molecular complexity index is 951. The first-order chi connectivity index (χ1) is 15.2. The molecule has 0 spiro atoms. The number of anilines is 2. The number of benzene rings is 1. The van der Waals surface area contributed by atoms with E-state index in [-0.39, 0.29) is 24.0 Å². The number of nitrogens with zero attached hydrogens (tertiary/aromatic N) is 3. The maximum absolute atomic E-state index is 13.0. The number of fused-ring (bicyclic) bond motifs is 1. The van der Waals surface area contributed by atoms with E-state index in [2.05, 4.69) is 26.7 Å². The normalized spacial score (nSPS) is 18.2. The van der Waals surface area contributed by atoms with Crippen LogP contribution in [0.3, 0.4) is 0 Å². The summed E-state index contributed by atoms with van der Waals surface area (Å²) >= 11 is 0. The van der Waals surface area contributed by atoms with E-state index in [0.717, 1.165) is 31.5 Å². The molecule has 2 amide bonds. The van der Waals surface area contributed by atoms with E-state index in [9.17, 15) is 9.59 Å². The molecule has 164 valence electrons. The highest BCUT2D eigenvalue weighted by molar-refractivity contribution is 5.99. The quantitative estimate of drug-likeness (QED) is 0.649. The summed E-state index contributed by atoms with van der Waals surface area (Å²) in [6, 6.07) is 7.53. The van der Waals surface area contributed by atoms with E-state index in [1.54, 1.807) is 7.11 Å². The van der Waals surface area contributed by atoms with Crippen LogP contribution in [0.1, 0.15) is 35.2 Å². The first kappa shape index (κ1) is 21.0. The van der Waals surface area contributed by atoms with E-state index >= 15 is 0 Å². The topological polar surface area (TPSA) is 106 Å². The Morgan fingerprint density at radius 2 is 2.16 bits per heavy atom. The number of rotatable bonds is 7. The highest BCUT2D eigenvalue weighted by atomic mass is 16.5. The maximum Gasteiger partial charge on any atom is 0.259 e. The number of nitrogens with one attached hydrogen (secondary N) is 2. The van der Waals surface area contributed by atoms with E-state index in [1.807, 2.05) is 23.1 Å². The van der Waals surface area contributed by atoms with Crippen LogP contribution in [0.4, 0.5) is 11.6 Å². The summed E-state index contributed by atoms with van der Waals surface area (Å²) in [6.07, 6.45) is 4.73. The van der Waals surface area contributed by atoms with Gasteiger partial charge in [-0.25, -0.2) is 4.98 Å². The van der Waals surface area contributed by atoms with Crippen LogP contribution in [-0.4, -0.2) is 61.2 Å². The summed E-state index contributed by atoms with van der Waals surface area (Å²) in [6.45, 7) is 1.99. The molecule has 2 aromatic rings. The van der Waals surface area contributed by atoms with Crippen LogP contribution in [-0.2, 0) is 16.0 Å². The molecule has 9 nitrogen and oxygen atoms in total. The van der Waals surface area contributed by atoms with Crippen molar-refractivity contribution < 1.29 is 19.1 Å². The molecule has 3 heterocycles. The fraction of sp³-hybridized carbons (Fsp3) is 0.455. The third-order valence-electron chi connectivity index (χ3n) is 5.48. The van der Waals surface area contributed by atoms with E-state index in [0.29, 0.717) is 25.5 Å². The molecule has 1 aromatic heterocycles. The molecule has 1 saturated heterocycles. The zero-order chi connectivity index (χ0) is 21.6. The molecule has 9 heteroatoms. The van der Waals surface area contributed by atoms with Crippen LogP contribution in [0.25, 0.3) is 0 Å². The first-order valence-corrected chi connectivity index (χ1v) is 10.6. The monoisotopic (exact) mass is 425 g/mol. The minimum atomic E-state index is -0.577. The molecule has 0 saturated carbocycles. The van der Waals surface area contributed by atoms with Crippen molar-refractivity contribution in [2.75, 3.05) is 38.3 Å². The second kappa shape index (κ2) is 9.74. The largest absolute Gasteiger partial charge is 0.475 e. The van der Waals surface area contributed by atoms with Gasteiger partial charge in [0.15, 0.2) is 0 Å². The number of carbonyl (C=O) groups excluding carboxylic acids is 2. The summed E-state index contributed by atoms with van der Waals surface area (Å²) < 4.78 is 10.8. The first-order valence-electron chi connectivity index (χ1n) is 10.6. The summed E-state index contributed by atoms with van der Waals surface area (Å²) in [7, 11) is 1.58. The third kappa shape index (κ3) is 4.77. The standard InChI is InChI=1S/C22H27N5O4/c1-30-12-13-31-21-16(19(28)25-17-7-4-5-10-23-20(17)29)14-24-22(26-21)27-11-9-15-6-2-3-8-18(15)27/h2-3,6,8,14,17H,4-5,7,9-13H2,1H3,(H,23,29)(H,25,28). The zero-order valence-corrected chi connectivity index (χ0v) is 17.6. The summed E-state index contributed by atoms with van der Waals surface area (Å²) in [5.41, 5.74) is 2.48. The fourth-order valence-corrected chi connectivity index (χ4v) is 3.83. The predicted molar refractivity (Wildman–Crippen MR) is 115 cm³/mol. The number of carbonyl (C=O) groups is 2. The molecule has 0 radical (unpaired) electrons. The van der Waals surface area contributed by atoms with Gasteiger partial charge in [0.25, 0.3) is 5.91 Å². The van der Waals surface area contributed by atoms with Crippen molar-refractivity contribution in [3.8, 4) is 5.88 Å². The van der Waals surface area contributed by atoms with Gasteiger partial charge >= 0.3 is 0 Å².